The number of ether oxygens (including phenoxy) is 1. The van der Waals surface area contributed by atoms with Crippen molar-refractivity contribution in [1.82, 2.24) is 5.32 Å². The lowest BCUT2D eigenvalue weighted by Gasteiger charge is -2.25. The van der Waals surface area contributed by atoms with Crippen molar-refractivity contribution < 1.29 is 14.6 Å². The van der Waals surface area contributed by atoms with Crippen LogP contribution in [0.3, 0.4) is 0 Å². The maximum absolute atomic E-state index is 13.2. The lowest BCUT2D eigenvalue weighted by molar-refractivity contribution is -0.126. The molecule has 1 amide bonds. The fourth-order valence-electron chi connectivity index (χ4n) is 3.30. The van der Waals surface area contributed by atoms with Crippen LogP contribution in [0.15, 0.2) is 58.4 Å². The monoisotopic (exact) mass is 383 g/mol. The zero-order valence-corrected chi connectivity index (χ0v) is 15.8. The zero-order valence-electron chi connectivity index (χ0n) is 15.0. The minimum absolute atomic E-state index is 0.315. The molecule has 27 heavy (non-hydrogen) atoms. The second-order valence-corrected chi connectivity index (χ2v) is 7.59. The number of aliphatic imine (C=N–C) groups is 1. The number of rotatable bonds is 4. The highest BCUT2D eigenvalue weighted by atomic mass is 32.2. The van der Waals surface area contributed by atoms with Gasteiger partial charge in [-0.2, -0.15) is 0 Å². The largest absolute Gasteiger partial charge is 0.497 e. The molecule has 0 fully saturated rings. The van der Waals surface area contributed by atoms with Crippen LogP contribution < -0.4 is 15.0 Å². The summed E-state index contributed by atoms with van der Waals surface area (Å²) in [5, 5.41) is 13.7. The number of amidine groups is 1. The van der Waals surface area contributed by atoms with Crippen molar-refractivity contribution in [1.29, 1.82) is 0 Å². The summed E-state index contributed by atoms with van der Waals surface area (Å²) in [7, 11) is 1.61. The van der Waals surface area contributed by atoms with Gasteiger partial charge < -0.3 is 20.1 Å². The number of hydrogen-bond acceptors (Lipinski definition) is 6. The highest BCUT2D eigenvalue weighted by Crippen LogP contribution is 2.45. The van der Waals surface area contributed by atoms with Gasteiger partial charge in [-0.3, -0.25) is 9.79 Å². The predicted octanol–water partition coefficient (Wildman–Crippen LogP) is 2.24. The molecule has 2 atom stereocenters. The lowest BCUT2D eigenvalue weighted by atomic mass is 10.1. The number of hydrogen-bond donors (Lipinski definition) is 2. The highest BCUT2D eigenvalue weighted by molar-refractivity contribution is 7.99. The number of aliphatic hydroxyl groups is 1. The fourth-order valence-corrected chi connectivity index (χ4v) is 4.57. The molecule has 2 aromatic carbocycles. The van der Waals surface area contributed by atoms with Crippen molar-refractivity contribution in [3.8, 4) is 5.75 Å². The Balaban J connectivity index is 1.71. The van der Waals surface area contributed by atoms with E-state index in [1.165, 1.54) is 11.8 Å². The molecule has 0 radical (unpaired) electrons. The molecule has 0 bridgehead atoms. The molecule has 4 rings (SSSR count). The second kappa shape index (κ2) is 7.62. The van der Waals surface area contributed by atoms with Crippen LogP contribution in [0.1, 0.15) is 10.8 Å². The van der Waals surface area contributed by atoms with Gasteiger partial charge in [0.2, 0.25) is 0 Å². The third-order valence-corrected chi connectivity index (χ3v) is 6.09. The Morgan fingerprint density at radius 2 is 2.04 bits per heavy atom. The summed E-state index contributed by atoms with van der Waals surface area (Å²) in [5.74, 6) is 1.20. The molecule has 0 aromatic heterocycles. The molecule has 2 N–H and O–H groups in total. The molecule has 0 aliphatic carbocycles. The van der Waals surface area contributed by atoms with Gasteiger partial charge in [-0.1, -0.05) is 24.3 Å². The molecule has 2 heterocycles. The quantitative estimate of drug-likeness (QED) is 0.847. The van der Waals surface area contributed by atoms with Crippen LogP contribution in [-0.4, -0.2) is 49.7 Å². The van der Waals surface area contributed by atoms with Crippen LogP contribution in [0.2, 0.25) is 0 Å². The topological polar surface area (TPSA) is 74.2 Å². The number of fused-ring (bicyclic) bond motifs is 1. The van der Waals surface area contributed by atoms with Crippen molar-refractivity contribution in [2.75, 3.05) is 31.6 Å². The Bertz CT molecular complexity index is 869. The number of anilines is 1. The average Bonchev–Trinajstić information content (AvgIpc) is 3.20. The SMILES string of the molecule is COc1ccc([C@@H]2Sc3ccccc3N(CC3=NCCN3)C(=O)C2O)cc1. The van der Waals surface area contributed by atoms with Gasteiger partial charge in [0.25, 0.3) is 5.91 Å². The van der Waals surface area contributed by atoms with Crippen LogP contribution in [0.4, 0.5) is 5.69 Å². The Hall–Kier alpha value is -2.51. The number of methoxy groups -OCH3 is 1. The highest BCUT2D eigenvalue weighted by Gasteiger charge is 2.37. The summed E-state index contributed by atoms with van der Waals surface area (Å²) in [6, 6.07) is 15.2. The predicted molar refractivity (Wildman–Crippen MR) is 107 cm³/mol. The van der Waals surface area contributed by atoms with E-state index in [9.17, 15) is 9.90 Å². The van der Waals surface area contributed by atoms with Crippen molar-refractivity contribution in [3.05, 3.63) is 54.1 Å². The molecule has 2 aromatic rings. The van der Waals surface area contributed by atoms with Gasteiger partial charge in [-0.15, -0.1) is 11.8 Å². The molecular formula is C20H21N3O3S. The van der Waals surface area contributed by atoms with Gasteiger partial charge in [0, 0.05) is 11.4 Å². The molecule has 2 aliphatic rings. The van der Waals surface area contributed by atoms with E-state index in [0.29, 0.717) is 13.1 Å². The number of thioether (sulfide) groups is 1. The summed E-state index contributed by atoms with van der Waals surface area (Å²) in [6.45, 7) is 1.83. The van der Waals surface area contributed by atoms with Gasteiger partial charge >= 0.3 is 0 Å². The molecule has 0 saturated heterocycles. The van der Waals surface area contributed by atoms with Crippen molar-refractivity contribution >= 4 is 29.2 Å². The summed E-state index contributed by atoms with van der Waals surface area (Å²) in [6.07, 6.45) is -1.15. The summed E-state index contributed by atoms with van der Waals surface area (Å²) >= 11 is 1.50. The fraction of sp³-hybridized carbons (Fsp3) is 0.300. The van der Waals surface area contributed by atoms with Crippen molar-refractivity contribution in [2.24, 2.45) is 4.99 Å². The average molecular weight is 383 g/mol. The number of amides is 1. The first kappa shape index (κ1) is 17.9. The first-order valence-corrected chi connectivity index (χ1v) is 9.71. The summed E-state index contributed by atoms with van der Waals surface area (Å²) < 4.78 is 5.21. The van der Waals surface area contributed by atoms with Crippen LogP contribution in [0.25, 0.3) is 0 Å². The first-order valence-electron chi connectivity index (χ1n) is 8.83. The van der Waals surface area contributed by atoms with Gasteiger partial charge in [0.15, 0.2) is 0 Å². The van der Waals surface area contributed by atoms with Crippen molar-refractivity contribution in [3.63, 3.8) is 0 Å². The molecule has 0 spiro atoms. The Morgan fingerprint density at radius 3 is 2.74 bits per heavy atom. The maximum atomic E-state index is 13.2. The normalized spacial score (nSPS) is 21.9. The Morgan fingerprint density at radius 1 is 1.26 bits per heavy atom. The van der Waals surface area contributed by atoms with E-state index in [0.717, 1.165) is 34.3 Å². The number of carbonyl (C=O) groups excluding carboxylic acids is 1. The van der Waals surface area contributed by atoms with E-state index < -0.39 is 11.4 Å². The molecule has 6 nitrogen and oxygen atoms in total. The number of aliphatic hydroxyl groups excluding tert-OH is 1. The smallest absolute Gasteiger partial charge is 0.257 e. The summed E-state index contributed by atoms with van der Waals surface area (Å²) in [5.41, 5.74) is 1.69. The van der Waals surface area contributed by atoms with Crippen molar-refractivity contribution in [2.45, 2.75) is 16.2 Å². The minimum Gasteiger partial charge on any atom is -0.497 e. The molecular weight excluding hydrogens is 362 g/mol. The summed E-state index contributed by atoms with van der Waals surface area (Å²) in [4.78, 5) is 20.1. The number of nitrogens with zero attached hydrogens (tertiary/aromatic N) is 2. The third-order valence-electron chi connectivity index (χ3n) is 4.71. The van der Waals surface area contributed by atoms with Gasteiger partial charge in [0.1, 0.15) is 17.7 Å². The van der Waals surface area contributed by atoms with E-state index in [-0.39, 0.29) is 5.91 Å². The zero-order chi connectivity index (χ0) is 18.8. The number of carbonyl (C=O) groups is 1. The number of nitrogens with one attached hydrogen (secondary N) is 1. The number of benzene rings is 2. The maximum Gasteiger partial charge on any atom is 0.257 e. The Labute approximate surface area is 162 Å². The van der Waals surface area contributed by atoms with Crippen LogP contribution >= 0.6 is 11.8 Å². The molecule has 7 heteroatoms. The van der Waals surface area contributed by atoms with Gasteiger partial charge in [-0.05, 0) is 29.8 Å². The first-order chi connectivity index (χ1) is 13.2. The standard InChI is InChI=1S/C20H21N3O3S/c1-26-14-8-6-13(7-9-14)19-18(24)20(25)23(12-17-21-10-11-22-17)15-4-2-3-5-16(15)27-19/h2-9,18-19,24H,10-12H2,1H3,(H,21,22)/t18?,19-/m0/s1. The second-order valence-electron chi connectivity index (χ2n) is 6.40. The van der Waals surface area contributed by atoms with Gasteiger partial charge in [-0.25, -0.2) is 0 Å². The molecule has 1 unspecified atom stereocenters. The van der Waals surface area contributed by atoms with Crippen LogP contribution in [0.5, 0.6) is 5.75 Å². The Kier molecular flexibility index (Phi) is 5.05. The van der Waals surface area contributed by atoms with E-state index in [1.54, 1.807) is 12.0 Å². The van der Waals surface area contributed by atoms with Gasteiger partial charge in [0.05, 0.1) is 31.1 Å². The lowest BCUT2D eigenvalue weighted by Crippen LogP contribution is -2.45. The van der Waals surface area contributed by atoms with E-state index in [2.05, 4.69) is 10.3 Å². The van der Waals surface area contributed by atoms with Crippen LogP contribution in [0, 0.1) is 0 Å². The molecule has 2 aliphatic heterocycles. The van der Waals surface area contributed by atoms with E-state index in [4.69, 9.17) is 4.74 Å². The molecule has 140 valence electrons. The third kappa shape index (κ3) is 3.52. The molecule has 0 saturated carbocycles. The van der Waals surface area contributed by atoms with Crippen LogP contribution in [-0.2, 0) is 4.79 Å². The number of para-hydroxylation sites is 1. The van der Waals surface area contributed by atoms with E-state index >= 15 is 0 Å². The minimum atomic E-state index is -1.15. The van der Waals surface area contributed by atoms with E-state index in [1.807, 2.05) is 48.5 Å².